The highest BCUT2D eigenvalue weighted by molar-refractivity contribution is 5.76. The molecule has 13 heavy (non-hydrogen) atoms. The maximum absolute atomic E-state index is 11.4. The number of hydrogen-bond acceptors (Lipinski definition) is 2. The van der Waals surface area contributed by atoms with Gasteiger partial charge < -0.3 is 10.6 Å². The Hall–Kier alpha value is -0.570. The predicted octanol–water partition coefficient (Wildman–Crippen LogP) is 1.23. The molecule has 0 heterocycles. The molecule has 0 spiro atoms. The van der Waals surface area contributed by atoms with Crippen molar-refractivity contribution in [2.24, 2.45) is 11.1 Å². The quantitative estimate of drug-likeness (QED) is 0.717. The van der Waals surface area contributed by atoms with Crippen molar-refractivity contribution in [3.63, 3.8) is 0 Å². The number of carbonyl (C=O) groups excluding carboxylic acids is 1. The van der Waals surface area contributed by atoms with Gasteiger partial charge in [0.1, 0.15) is 0 Å². The molecule has 0 bridgehead atoms. The predicted molar refractivity (Wildman–Crippen MR) is 55.4 cm³/mol. The minimum atomic E-state index is -0.101. The molecule has 3 nitrogen and oxygen atoms in total. The summed E-state index contributed by atoms with van der Waals surface area (Å²) >= 11 is 0. The van der Waals surface area contributed by atoms with Crippen LogP contribution in [0.15, 0.2) is 0 Å². The van der Waals surface area contributed by atoms with Crippen molar-refractivity contribution in [1.82, 2.24) is 4.90 Å². The molecule has 1 atom stereocenters. The first-order chi connectivity index (χ1) is 5.81. The normalized spacial score (nSPS) is 14.0. The van der Waals surface area contributed by atoms with Crippen LogP contribution in [-0.4, -0.2) is 30.9 Å². The highest BCUT2D eigenvalue weighted by Gasteiger charge is 2.28. The van der Waals surface area contributed by atoms with Crippen LogP contribution < -0.4 is 5.73 Å². The summed E-state index contributed by atoms with van der Waals surface area (Å²) in [6.45, 7) is 6.14. The van der Waals surface area contributed by atoms with Gasteiger partial charge in [-0.25, -0.2) is 0 Å². The zero-order valence-corrected chi connectivity index (χ0v) is 9.42. The van der Waals surface area contributed by atoms with Crippen LogP contribution >= 0.6 is 0 Å². The molecule has 0 aromatic rings. The average Bonchev–Trinajstić information content (AvgIpc) is 2.01. The zero-order chi connectivity index (χ0) is 10.6. The van der Waals surface area contributed by atoms with Crippen molar-refractivity contribution >= 4 is 5.91 Å². The molecule has 3 heteroatoms. The van der Waals surface area contributed by atoms with Gasteiger partial charge in [-0.05, 0) is 11.8 Å². The van der Waals surface area contributed by atoms with Crippen LogP contribution in [0.25, 0.3) is 0 Å². The van der Waals surface area contributed by atoms with Crippen molar-refractivity contribution in [3.8, 4) is 0 Å². The van der Waals surface area contributed by atoms with Gasteiger partial charge in [0.2, 0.25) is 5.91 Å². The number of hydrogen-bond donors (Lipinski definition) is 1. The van der Waals surface area contributed by atoms with Gasteiger partial charge in [0, 0.05) is 26.6 Å². The van der Waals surface area contributed by atoms with Crippen molar-refractivity contribution in [2.75, 3.05) is 14.1 Å². The molecule has 78 valence electrons. The van der Waals surface area contributed by atoms with Gasteiger partial charge in [-0.3, -0.25) is 4.79 Å². The molecule has 0 aromatic carbocycles. The third kappa shape index (κ3) is 3.77. The molecule has 0 aliphatic rings. The van der Waals surface area contributed by atoms with Crippen LogP contribution in [0.4, 0.5) is 0 Å². The summed E-state index contributed by atoms with van der Waals surface area (Å²) in [5, 5.41) is 0. The number of nitrogens with zero attached hydrogens (tertiary/aromatic N) is 1. The van der Waals surface area contributed by atoms with Crippen LogP contribution in [0, 0.1) is 5.41 Å². The summed E-state index contributed by atoms with van der Waals surface area (Å²) in [4.78, 5) is 13.1. The molecule has 0 saturated heterocycles. The van der Waals surface area contributed by atoms with Crippen LogP contribution in [0.2, 0.25) is 0 Å². The third-order valence-corrected chi connectivity index (χ3v) is 2.55. The van der Waals surface area contributed by atoms with E-state index in [4.69, 9.17) is 5.73 Å². The Kier molecular flexibility index (Phi) is 4.40. The first-order valence-corrected chi connectivity index (χ1v) is 4.77. The van der Waals surface area contributed by atoms with Gasteiger partial charge in [0.25, 0.3) is 0 Å². The van der Waals surface area contributed by atoms with E-state index in [9.17, 15) is 4.79 Å². The van der Waals surface area contributed by atoms with Crippen molar-refractivity contribution < 1.29 is 4.79 Å². The highest BCUT2D eigenvalue weighted by atomic mass is 16.2. The van der Waals surface area contributed by atoms with E-state index in [1.54, 1.807) is 19.0 Å². The fourth-order valence-corrected chi connectivity index (χ4v) is 1.23. The summed E-state index contributed by atoms with van der Waals surface area (Å²) in [5.41, 5.74) is 5.83. The molecule has 0 radical (unpaired) electrons. The molecule has 0 fully saturated rings. The Bertz CT molecular complexity index is 176. The van der Waals surface area contributed by atoms with Crippen LogP contribution in [0.5, 0.6) is 0 Å². The minimum absolute atomic E-state index is 0.0939. The smallest absolute Gasteiger partial charge is 0.222 e. The SMILES string of the molecule is CCC(N)C(C)(C)CC(=O)N(C)C. The summed E-state index contributed by atoms with van der Waals surface area (Å²) in [7, 11) is 3.55. The molecule has 1 unspecified atom stereocenters. The molecule has 0 aliphatic heterocycles. The molecule has 1 amide bonds. The monoisotopic (exact) mass is 186 g/mol. The lowest BCUT2D eigenvalue weighted by Gasteiger charge is -2.31. The summed E-state index contributed by atoms with van der Waals surface area (Å²) in [6.07, 6.45) is 1.43. The maximum Gasteiger partial charge on any atom is 0.222 e. The van der Waals surface area contributed by atoms with E-state index in [0.717, 1.165) is 6.42 Å². The molecular weight excluding hydrogens is 164 g/mol. The van der Waals surface area contributed by atoms with Gasteiger partial charge in [0.15, 0.2) is 0 Å². The molecular formula is C10H22N2O. The molecule has 2 N–H and O–H groups in total. The fourth-order valence-electron chi connectivity index (χ4n) is 1.23. The first-order valence-electron chi connectivity index (χ1n) is 4.77. The fraction of sp³-hybridized carbons (Fsp3) is 0.900. The zero-order valence-electron chi connectivity index (χ0n) is 9.42. The molecule has 0 saturated carbocycles. The average molecular weight is 186 g/mol. The molecule has 0 aliphatic carbocycles. The number of rotatable bonds is 4. The van der Waals surface area contributed by atoms with E-state index >= 15 is 0 Å². The largest absolute Gasteiger partial charge is 0.349 e. The lowest BCUT2D eigenvalue weighted by Crippen LogP contribution is -2.40. The standard InChI is InChI=1S/C10H22N2O/c1-6-8(11)10(2,3)7-9(13)12(4)5/h8H,6-7,11H2,1-5H3. The summed E-state index contributed by atoms with van der Waals surface area (Å²) < 4.78 is 0. The lowest BCUT2D eigenvalue weighted by atomic mass is 9.80. The topological polar surface area (TPSA) is 46.3 Å². The van der Waals surface area contributed by atoms with E-state index in [-0.39, 0.29) is 17.4 Å². The Balaban J connectivity index is 4.24. The Morgan fingerprint density at radius 3 is 2.23 bits per heavy atom. The van der Waals surface area contributed by atoms with Gasteiger partial charge in [0.05, 0.1) is 0 Å². The van der Waals surface area contributed by atoms with E-state index in [1.807, 2.05) is 20.8 Å². The Labute approximate surface area is 81.3 Å². The highest BCUT2D eigenvalue weighted by Crippen LogP contribution is 2.26. The van der Waals surface area contributed by atoms with Crippen molar-refractivity contribution in [2.45, 2.75) is 39.7 Å². The van der Waals surface area contributed by atoms with E-state index in [0.29, 0.717) is 6.42 Å². The number of nitrogens with two attached hydrogens (primary N) is 1. The van der Waals surface area contributed by atoms with E-state index in [2.05, 4.69) is 0 Å². The van der Waals surface area contributed by atoms with Crippen molar-refractivity contribution in [1.29, 1.82) is 0 Å². The second kappa shape index (κ2) is 4.61. The van der Waals surface area contributed by atoms with E-state index in [1.165, 1.54) is 0 Å². The van der Waals surface area contributed by atoms with Gasteiger partial charge >= 0.3 is 0 Å². The molecule has 0 aromatic heterocycles. The van der Waals surface area contributed by atoms with Crippen LogP contribution in [-0.2, 0) is 4.79 Å². The Morgan fingerprint density at radius 2 is 1.92 bits per heavy atom. The second-order valence-corrected chi connectivity index (χ2v) is 4.47. The van der Waals surface area contributed by atoms with Gasteiger partial charge in [-0.15, -0.1) is 0 Å². The second-order valence-electron chi connectivity index (χ2n) is 4.47. The first kappa shape index (κ1) is 12.4. The maximum atomic E-state index is 11.4. The number of amides is 1. The minimum Gasteiger partial charge on any atom is -0.349 e. The Morgan fingerprint density at radius 1 is 1.46 bits per heavy atom. The lowest BCUT2D eigenvalue weighted by molar-refractivity contribution is -0.131. The van der Waals surface area contributed by atoms with Gasteiger partial charge in [-0.1, -0.05) is 20.8 Å². The van der Waals surface area contributed by atoms with Crippen molar-refractivity contribution in [3.05, 3.63) is 0 Å². The van der Waals surface area contributed by atoms with Crippen LogP contribution in [0.1, 0.15) is 33.6 Å². The summed E-state index contributed by atoms with van der Waals surface area (Å²) in [6, 6.07) is 0.0939. The summed E-state index contributed by atoms with van der Waals surface area (Å²) in [5.74, 6) is 0.147. The van der Waals surface area contributed by atoms with E-state index < -0.39 is 0 Å². The molecule has 0 rings (SSSR count). The van der Waals surface area contributed by atoms with Gasteiger partial charge in [-0.2, -0.15) is 0 Å². The third-order valence-electron chi connectivity index (χ3n) is 2.55. The van der Waals surface area contributed by atoms with Crippen LogP contribution in [0.3, 0.4) is 0 Å². The number of carbonyl (C=O) groups is 1.